The van der Waals surface area contributed by atoms with E-state index in [1.807, 2.05) is 5.38 Å². The van der Waals surface area contributed by atoms with Crippen molar-refractivity contribution < 1.29 is 14.3 Å². The van der Waals surface area contributed by atoms with Crippen LogP contribution in [0.1, 0.15) is 42.3 Å². The Kier molecular flexibility index (Phi) is 8.20. The van der Waals surface area contributed by atoms with Crippen LogP contribution in [0, 0.1) is 17.2 Å². The zero-order valence-corrected chi connectivity index (χ0v) is 19.6. The first-order valence-electron chi connectivity index (χ1n) is 10.8. The van der Waals surface area contributed by atoms with Crippen molar-refractivity contribution in [2.24, 2.45) is 5.92 Å². The lowest BCUT2D eigenvalue weighted by Gasteiger charge is -2.35. The molecule has 3 rings (SSSR count). The molecule has 2 aromatic heterocycles. The zero-order valence-electron chi connectivity index (χ0n) is 18.8. The standard InChI is InChI=1S/C23H29N5O3S/c1-4-31-23(30)21-18(11-16(2)3)15-32-22(21)26-20(29)14-27-7-9-28(10-8-27)19-12-17(13-24)5-6-25-19/h5-6,12,15-16H,4,7-11,14H2,1-3H3,(H,26,29). The number of aromatic nitrogens is 1. The van der Waals surface area contributed by atoms with Gasteiger partial charge in [-0.1, -0.05) is 13.8 Å². The van der Waals surface area contributed by atoms with Crippen molar-refractivity contribution in [3.8, 4) is 6.07 Å². The molecule has 0 saturated carbocycles. The van der Waals surface area contributed by atoms with E-state index in [4.69, 9.17) is 10.00 Å². The highest BCUT2D eigenvalue weighted by atomic mass is 32.1. The maximum atomic E-state index is 12.7. The number of nitrogens with one attached hydrogen (secondary N) is 1. The molecule has 32 heavy (non-hydrogen) atoms. The molecule has 1 N–H and O–H groups in total. The number of piperazine rings is 1. The first-order chi connectivity index (χ1) is 15.4. The molecule has 1 aliphatic heterocycles. The molecule has 3 heterocycles. The highest BCUT2D eigenvalue weighted by Gasteiger charge is 2.24. The summed E-state index contributed by atoms with van der Waals surface area (Å²) in [6.07, 6.45) is 2.40. The van der Waals surface area contributed by atoms with E-state index in [2.05, 4.69) is 40.0 Å². The molecule has 0 spiro atoms. The van der Waals surface area contributed by atoms with Gasteiger partial charge >= 0.3 is 5.97 Å². The quantitative estimate of drug-likeness (QED) is 0.611. The summed E-state index contributed by atoms with van der Waals surface area (Å²) in [6.45, 7) is 9.36. The van der Waals surface area contributed by atoms with Crippen molar-refractivity contribution in [3.05, 3.63) is 40.4 Å². The fourth-order valence-electron chi connectivity index (χ4n) is 3.67. The molecule has 170 valence electrons. The fraction of sp³-hybridized carbons (Fsp3) is 0.478. The SMILES string of the molecule is CCOC(=O)c1c(CC(C)C)csc1NC(=O)CN1CCN(c2cc(C#N)ccn2)CC1. The van der Waals surface area contributed by atoms with Crippen LogP contribution in [-0.2, 0) is 16.0 Å². The molecular weight excluding hydrogens is 426 g/mol. The number of esters is 1. The molecule has 0 atom stereocenters. The van der Waals surface area contributed by atoms with E-state index in [-0.39, 0.29) is 18.4 Å². The summed E-state index contributed by atoms with van der Waals surface area (Å²) in [4.78, 5) is 33.8. The minimum atomic E-state index is -0.389. The topological polar surface area (TPSA) is 98.6 Å². The maximum absolute atomic E-state index is 12.7. The van der Waals surface area contributed by atoms with Crippen LogP contribution >= 0.6 is 11.3 Å². The van der Waals surface area contributed by atoms with Crippen LogP contribution in [0.5, 0.6) is 0 Å². The number of pyridine rings is 1. The zero-order chi connectivity index (χ0) is 23.1. The van der Waals surface area contributed by atoms with Gasteiger partial charge in [0, 0.05) is 32.4 Å². The third-order valence-electron chi connectivity index (χ3n) is 5.17. The lowest BCUT2D eigenvalue weighted by molar-refractivity contribution is -0.117. The number of anilines is 2. The Balaban J connectivity index is 1.59. The Labute approximate surface area is 192 Å². The first kappa shape index (κ1) is 23.7. The average molecular weight is 456 g/mol. The number of carbonyl (C=O) groups is 2. The summed E-state index contributed by atoms with van der Waals surface area (Å²) in [5, 5.41) is 14.5. The molecule has 1 fully saturated rings. The highest BCUT2D eigenvalue weighted by molar-refractivity contribution is 7.15. The summed E-state index contributed by atoms with van der Waals surface area (Å²) in [6, 6.07) is 5.60. The fourth-order valence-corrected chi connectivity index (χ4v) is 4.65. The van der Waals surface area contributed by atoms with Gasteiger partial charge in [0.05, 0.1) is 30.3 Å². The van der Waals surface area contributed by atoms with Gasteiger partial charge in [-0.3, -0.25) is 9.69 Å². The van der Waals surface area contributed by atoms with E-state index in [0.717, 1.165) is 30.9 Å². The molecule has 1 amide bonds. The summed E-state index contributed by atoms with van der Waals surface area (Å²) in [5.74, 6) is 0.636. The second kappa shape index (κ2) is 11.1. The van der Waals surface area contributed by atoms with Gasteiger partial charge in [-0.2, -0.15) is 5.26 Å². The van der Waals surface area contributed by atoms with Gasteiger partial charge in [0.1, 0.15) is 10.8 Å². The van der Waals surface area contributed by atoms with Crippen LogP contribution < -0.4 is 10.2 Å². The number of hydrogen-bond acceptors (Lipinski definition) is 8. The third-order valence-corrected chi connectivity index (χ3v) is 6.11. The number of nitrogens with zero attached hydrogens (tertiary/aromatic N) is 4. The van der Waals surface area contributed by atoms with Crippen molar-refractivity contribution in [3.63, 3.8) is 0 Å². The van der Waals surface area contributed by atoms with Crippen LogP contribution in [0.3, 0.4) is 0 Å². The lowest BCUT2D eigenvalue weighted by atomic mass is 10.0. The normalized spacial score (nSPS) is 14.3. The minimum Gasteiger partial charge on any atom is -0.462 e. The molecule has 9 heteroatoms. The summed E-state index contributed by atoms with van der Waals surface area (Å²) < 4.78 is 5.23. The monoisotopic (exact) mass is 455 g/mol. The Hall–Kier alpha value is -2.96. The van der Waals surface area contributed by atoms with E-state index in [9.17, 15) is 9.59 Å². The van der Waals surface area contributed by atoms with Gasteiger partial charge in [-0.05, 0) is 42.3 Å². The van der Waals surface area contributed by atoms with Crippen LogP contribution in [0.4, 0.5) is 10.8 Å². The number of nitriles is 1. The molecule has 0 aliphatic carbocycles. The number of rotatable bonds is 8. The van der Waals surface area contributed by atoms with Gasteiger partial charge in [0.15, 0.2) is 0 Å². The Morgan fingerprint density at radius 1 is 1.31 bits per heavy atom. The van der Waals surface area contributed by atoms with Crippen molar-refractivity contribution in [2.75, 3.05) is 49.5 Å². The number of hydrogen-bond donors (Lipinski definition) is 1. The molecule has 1 saturated heterocycles. The van der Waals surface area contributed by atoms with Crippen molar-refractivity contribution in [1.29, 1.82) is 5.26 Å². The predicted octanol–water partition coefficient (Wildman–Crippen LogP) is 3.15. The minimum absolute atomic E-state index is 0.147. The first-order valence-corrected chi connectivity index (χ1v) is 11.7. The molecule has 8 nitrogen and oxygen atoms in total. The molecule has 0 aromatic carbocycles. The molecule has 0 radical (unpaired) electrons. The number of ether oxygens (including phenoxy) is 1. The van der Waals surface area contributed by atoms with Gasteiger partial charge in [0.2, 0.25) is 5.91 Å². The second-order valence-electron chi connectivity index (χ2n) is 8.11. The van der Waals surface area contributed by atoms with Gasteiger partial charge in [0.25, 0.3) is 0 Å². The Morgan fingerprint density at radius 2 is 2.06 bits per heavy atom. The molecule has 2 aromatic rings. The van der Waals surface area contributed by atoms with Gasteiger partial charge in [-0.15, -0.1) is 11.3 Å². The van der Waals surface area contributed by atoms with E-state index in [1.165, 1.54) is 11.3 Å². The molecule has 0 bridgehead atoms. The summed E-state index contributed by atoms with van der Waals surface area (Å²) in [5.41, 5.74) is 1.98. The summed E-state index contributed by atoms with van der Waals surface area (Å²) in [7, 11) is 0. The van der Waals surface area contributed by atoms with Crippen LogP contribution in [0.15, 0.2) is 23.7 Å². The van der Waals surface area contributed by atoms with Crippen molar-refractivity contribution in [2.45, 2.75) is 27.2 Å². The average Bonchev–Trinajstić information content (AvgIpc) is 3.15. The van der Waals surface area contributed by atoms with E-state index < -0.39 is 0 Å². The summed E-state index contributed by atoms with van der Waals surface area (Å²) >= 11 is 1.37. The van der Waals surface area contributed by atoms with E-state index in [0.29, 0.717) is 41.7 Å². The van der Waals surface area contributed by atoms with E-state index >= 15 is 0 Å². The number of amides is 1. The van der Waals surface area contributed by atoms with Crippen LogP contribution in [0.2, 0.25) is 0 Å². The number of thiophene rings is 1. The van der Waals surface area contributed by atoms with Crippen LogP contribution in [0.25, 0.3) is 0 Å². The van der Waals surface area contributed by atoms with Crippen LogP contribution in [-0.4, -0.2) is 61.1 Å². The number of carbonyl (C=O) groups excluding carboxylic acids is 2. The van der Waals surface area contributed by atoms with Gasteiger partial charge < -0.3 is 15.0 Å². The Morgan fingerprint density at radius 3 is 2.72 bits per heavy atom. The smallest absolute Gasteiger partial charge is 0.341 e. The largest absolute Gasteiger partial charge is 0.462 e. The maximum Gasteiger partial charge on any atom is 0.341 e. The van der Waals surface area contributed by atoms with Gasteiger partial charge in [-0.25, -0.2) is 9.78 Å². The van der Waals surface area contributed by atoms with Crippen molar-refractivity contribution in [1.82, 2.24) is 9.88 Å². The molecule has 0 unspecified atom stereocenters. The van der Waals surface area contributed by atoms with E-state index in [1.54, 1.807) is 25.3 Å². The second-order valence-corrected chi connectivity index (χ2v) is 8.99. The lowest BCUT2D eigenvalue weighted by Crippen LogP contribution is -2.49. The molecular formula is C23H29N5O3S. The molecule has 1 aliphatic rings. The Bertz CT molecular complexity index is 990. The predicted molar refractivity (Wildman–Crippen MR) is 125 cm³/mol. The van der Waals surface area contributed by atoms with Crippen molar-refractivity contribution >= 4 is 34.0 Å². The third kappa shape index (κ3) is 6.05. The highest BCUT2D eigenvalue weighted by Crippen LogP contribution is 2.31.